The van der Waals surface area contributed by atoms with E-state index in [1.54, 1.807) is 13.8 Å². The SMILES string of the molecule is CCC(O)(C(=O)O)C(C)c1ccc(C)cc1C. The molecule has 1 rings (SSSR count). The predicted octanol–water partition coefficient (Wildman–Crippen LogP) is 2.63. The van der Waals surface area contributed by atoms with Crippen LogP contribution < -0.4 is 0 Å². The zero-order valence-electron chi connectivity index (χ0n) is 10.8. The van der Waals surface area contributed by atoms with E-state index in [0.29, 0.717) is 0 Å². The summed E-state index contributed by atoms with van der Waals surface area (Å²) in [7, 11) is 0. The Morgan fingerprint density at radius 2 is 2.00 bits per heavy atom. The molecule has 3 nitrogen and oxygen atoms in total. The fourth-order valence-corrected chi connectivity index (χ4v) is 2.21. The Bertz CT molecular complexity index is 425. The molecule has 17 heavy (non-hydrogen) atoms. The molecule has 0 spiro atoms. The summed E-state index contributed by atoms with van der Waals surface area (Å²) in [6.45, 7) is 7.38. The van der Waals surface area contributed by atoms with E-state index < -0.39 is 17.5 Å². The summed E-state index contributed by atoms with van der Waals surface area (Å²) in [4.78, 5) is 11.2. The summed E-state index contributed by atoms with van der Waals surface area (Å²) in [5, 5.41) is 19.4. The number of carboxylic acid groups (broad SMARTS) is 1. The van der Waals surface area contributed by atoms with Crippen LogP contribution in [0.5, 0.6) is 0 Å². The highest BCUT2D eigenvalue weighted by atomic mass is 16.4. The molecule has 0 aliphatic rings. The molecule has 0 heterocycles. The molecule has 0 fully saturated rings. The summed E-state index contributed by atoms with van der Waals surface area (Å²) in [5.41, 5.74) is 1.35. The minimum absolute atomic E-state index is 0.191. The van der Waals surface area contributed by atoms with Gasteiger partial charge in [0.15, 0.2) is 5.60 Å². The Morgan fingerprint density at radius 1 is 1.41 bits per heavy atom. The summed E-state index contributed by atoms with van der Waals surface area (Å²) < 4.78 is 0. The van der Waals surface area contributed by atoms with Crippen LogP contribution in [-0.2, 0) is 4.79 Å². The Kier molecular flexibility index (Phi) is 3.94. The molecule has 1 aromatic carbocycles. The number of rotatable bonds is 4. The third kappa shape index (κ3) is 2.50. The van der Waals surface area contributed by atoms with Crippen LogP contribution in [0.4, 0.5) is 0 Å². The lowest BCUT2D eigenvalue weighted by Crippen LogP contribution is -2.43. The van der Waals surface area contributed by atoms with Crippen molar-refractivity contribution >= 4 is 5.97 Å². The molecular weight excluding hydrogens is 216 g/mol. The van der Waals surface area contributed by atoms with Crippen LogP contribution >= 0.6 is 0 Å². The van der Waals surface area contributed by atoms with Crippen molar-refractivity contribution in [3.63, 3.8) is 0 Å². The Labute approximate surface area is 102 Å². The van der Waals surface area contributed by atoms with Gasteiger partial charge in [-0.15, -0.1) is 0 Å². The van der Waals surface area contributed by atoms with Crippen LogP contribution in [0.25, 0.3) is 0 Å². The van der Waals surface area contributed by atoms with Crippen LogP contribution in [-0.4, -0.2) is 21.8 Å². The standard InChI is InChI=1S/C14H20O3/c1-5-14(17,13(15)16)11(4)12-7-6-9(2)8-10(12)3/h6-8,11,17H,5H2,1-4H3,(H,15,16). The van der Waals surface area contributed by atoms with Gasteiger partial charge in [0.05, 0.1) is 0 Å². The van der Waals surface area contributed by atoms with E-state index >= 15 is 0 Å². The van der Waals surface area contributed by atoms with Crippen LogP contribution in [0, 0.1) is 13.8 Å². The summed E-state index contributed by atoms with van der Waals surface area (Å²) >= 11 is 0. The van der Waals surface area contributed by atoms with Crippen molar-refractivity contribution in [2.45, 2.75) is 45.6 Å². The quantitative estimate of drug-likeness (QED) is 0.845. The second-order valence-electron chi connectivity index (χ2n) is 4.66. The molecule has 0 aliphatic carbocycles. The lowest BCUT2D eigenvalue weighted by Gasteiger charge is -2.30. The number of carboxylic acids is 1. The maximum absolute atomic E-state index is 11.2. The van der Waals surface area contributed by atoms with Gasteiger partial charge in [-0.25, -0.2) is 4.79 Å². The van der Waals surface area contributed by atoms with Crippen LogP contribution in [0.15, 0.2) is 18.2 Å². The van der Waals surface area contributed by atoms with Gasteiger partial charge in [-0.1, -0.05) is 37.6 Å². The summed E-state index contributed by atoms with van der Waals surface area (Å²) in [6.07, 6.45) is 0.191. The molecule has 1 aromatic rings. The van der Waals surface area contributed by atoms with Crippen molar-refractivity contribution in [2.75, 3.05) is 0 Å². The number of aliphatic hydroxyl groups is 1. The van der Waals surface area contributed by atoms with Crippen molar-refractivity contribution in [3.05, 3.63) is 34.9 Å². The maximum Gasteiger partial charge on any atom is 0.336 e. The third-order valence-corrected chi connectivity index (χ3v) is 3.52. The van der Waals surface area contributed by atoms with E-state index in [2.05, 4.69) is 0 Å². The molecule has 0 aromatic heterocycles. The average molecular weight is 236 g/mol. The molecule has 2 N–H and O–H groups in total. The minimum Gasteiger partial charge on any atom is -0.479 e. The number of hydrogen-bond donors (Lipinski definition) is 2. The molecular formula is C14H20O3. The first-order valence-electron chi connectivity index (χ1n) is 5.85. The van der Waals surface area contributed by atoms with Gasteiger partial charge in [-0.05, 0) is 31.4 Å². The van der Waals surface area contributed by atoms with E-state index in [-0.39, 0.29) is 6.42 Å². The van der Waals surface area contributed by atoms with Crippen molar-refractivity contribution in [3.8, 4) is 0 Å². The van der Waals surface area contributed by atoms with Crippen LogP contribution in [0.2, 0.25) is 0 Å². The molecule has 0 bridgehead atoms. The van der Waals surface area contributed by atoms with Gasteiger partial charge in [0.25, 0.3) is 0 Å². The van der Waals surface area contributed by atoms with Gasteiger partial charge in [-0.2, -0.15) is 0 Å². The van der Waals surface area contributed by atoms with Gasteiger partial charge in [0.1, 0.15) is 0 Å². The first-order valence-corrected chi connectivity index (χ1v) is 5.85. The highest BCUT2D eigenvalue weighted by Crippen LogP contribution is 2.33. The molecule has 0 saturated heterocycles. The Balaban J connectivity index is 3.19. The van der Waals surface area contributed by atoms with E-state index in [9.17, 15) is 9.90 Å². The van der Waals surface area contributed by atoms with Crippen LogP contribution in [0.1, 0.15) is 42.9 Å². The van der Waals surface area contributed by atoms with Gasteiger partial charge >= 0.3 is 5.97 Å². The summed E-state index contributed by atoms with van der Waals surface area (Å²) in [6, 6.07) is 5.85. The normalized spacial score (nSPS) is 16.3. The van der Waals surface area contributed by atoms with Gasteiger partial charge in [0, 0.05) is 5.92 Å². The first-order chi connectivity index (χ1) is 7.82. The van der Waals surface area contributed by atoms with Crippen molar-refractivity contribution in [1.29, 1.82) is 0 Å². The zero-order valence-corrected chi connectivity index (χ0v) is 10.8. The Hall–Kier alpha value is -1.35. The third-order valence-electron chi connectivity index (χ3n) is 3.52. The lowest BCUT2D eigenvalue weighted by atomic mass is 9.79. The molecule has 0 radical (unpaired) electrons. The number of benzene rings is 1. The molecule has 2 atom stereocenters. The molecule has 0 saturated carbocycles. The number of hydrogen-bond acceptors (Lipinski definition) is 2. The molecule has 3 heteroatoms. The number of aryl methyl sites for hydroxylation is 2. The van der Waals surface area contributed by atoms with E-state index in [4.69, 9.17) is 5.11 Å². The molecule has 0 amide bonds. The first kappa shape index (κ1) is 13.7. The second kappa shape index (κ2) is 4.88. The van der Waals surface area contributed by atoms with Gasteiger partial charge in [-0.3, -0.25) is 0 Å². The molecule has 2 unspecified atom stereocenters. The molecule has 94 valence electrons. The van der Waals surface area contributed by atoms with Crippen molar-refractivity contribution < 1.29 is 15.0 Å². The van der Waals surface area contributed by atoms with Gasteiger partial charge < -0.3 is 10.2 Å². The highest BCUT2D eigenvalue weighted by Gasteiger charge is 2.41. The number of aliphatic carboxylic acids is 1. The number of carbonyl (C=O) groups is 1. The maximum atomic E-state index is 11.2. The predicted molar refractivity (Wildman–Crippen MR) is 67.2 cm³/mol. The van der Waals surface area contributed by atoms with Crippen molar-refractivity contribution in [2.24, 2.45) is 0 Å². The van der Waals surface area contributed by atoms with Crippen LogP contribution in [0.3, 0.4) is 0 Å². The van der Waals surface area contributed by atoms with E-state index in [0.717, 1.165) is 16.7 Å². The summed E-state index contributed by atoms with van der Waals surface area (Å²) in [5.74, 6) is -1.59. The molecule has 0 aliphatic heterocycles. The van der Waals surface area contributed by atoms with E-state index in [1.165, 1.54) is 0 Å². The van der Waals surface area contributed by atoms with Gasteiger partial charge in [0.2, 0.25) is 0 Å². The topological polar surface area (TPSA) is 57.5 Å². The van der Waals surface area contributed by atoms with E-state index in [1.807, 2.05) is 32.0 Å². The Morgan fingerprint density at radius 3 is 2.41 bits per heavy atom. The lowest BCUT2D eigenvalue weighted by molar-refractivity contribution is -0.161. The average Bonchev–Trinajstić information content (AvgIpc) is 2.26. The highest BCUT2D eigenvalue weighted by molar-refractivity contribution is 5.78. The monoisotopic (exact) mass is 236 g/mol. The fourth-order valence-electron chi connectivity index (χ4n) is 2.21. The fraction of sp³-hybridized carbons (Fsp3) is 0.500. The van der Waals surface area contributed by atoms with Crippen molar-refractivity contribution in [1.82, 2.24) is 0 Å². The largest absolute Gasteiger partial charge is 0.479 e. The second-order valence-corrected chi connectivity index (χ2v) is 4.66. The zero-order chi connectivity index (χ0) is 13.2. The smallest absolute Gasteiger partial charge is 0.336 e. The minimum atomic E-state index is -1.69.